The maximum Gasteiger partial charge on any atom is 0.431 e. The zero-order chi connectivity index (χ0) is 24.1. The minimum atomic E-state index is -4.42. The van der Waals surface area contributed by atoms with Gasteiger partial charge in [-0.3, -0.25) is 4.90 Å². The van der Waals surface area contributed by atoms with Crippen LogP contribution in [0, 0.1) is 11.8 Å². The molecule has 0 saturated carbocycles. The van der Waals surface area contributed by atoms with Crippen LogP contribution in [-0.4, -0.2) is 52.2 Å². The monoisotopic (exact) mass is 481 g/mol. The fraction of sp³-hybridized carbons (Fsp3) is 0.478. The molecule has 182 valence electrons. The number of aromatic amines is 1. The first-order chi connectivity index (χ1) is 16.1. The van der Waals surface area contributed by atoms with E-state index in [0.717, 1.165) is 50.7 Å². The number of hydrogen-bond donors (Lipinski definition) is 2. The quantitative estimate of drug-likeness (QED) is 0.509. The van der Waals surface area contributed by atoms with Gasteiger partial charge >= 0.3 is 6.18 Å². The van der Waals surface area contributed by atoms with Crippen LogP contribution in [0.15, 0.2) is 36.7 Å². The summed E-state index contributed by atoms with van der Waals surface area (Å²) in [6.45, 7) is 3.46. The largest absolute Gasteiger partial charge is 0.431 e. The summed E-state index contributed by atoms with van der Waals surface area (Å²) in [4.78, 5) is 11.6. The summed E-state index contributed by atoms with van der Waals surface area (Å²) in [6, 6.07) is 7.89. The molecule has 0 amide bonds. The minimum absolute atomic E-state index is 0.0227. The number of H-pyrrole nitrogens is 1. The van der Waals surface area contributed by atoms with Crippen molar-refractivity contribution in [1.82, 2.24) is 19.9 Å². The molecule has 2 saturated heterocycles. The molecule has 3 aliphatic rings. The van der Waals surface area contributed by atoms with Gasteiger partial charge in [0.2, 0.25) is 0 Å². The number of ether oxygens (including phenoxy) is 1. The molecule has 0 radical (unpaired) electrons. The Balaban J connectivity index is 0.000000152. The summed E-state index contributed by atoms with van der Waals surface area (Å²) in [7, 11) is 0. The van der Waals surface area contributed by atoms with E-state index in [1.165, 1.54) is 0 Å². The standard InChI is InChI=1S/C16H19F2NO.C7H5F3N4/c17-16(18)6-14(5-11-3-1-2-4-15(11)16)19-7-12-9-20-10-13(12)8-19;8-7(9,10)4-1-3-5(11)12-2-13-6(3)14-4/h1-4,12-14H,5-10H2;1-2H,(H3,11,12,13,14)/t12-,13+,14-;/m1./s1. The van der Waals surface area contributed by atoms with E-state index in [0.29, 0.717) is 11.8 Å². The van der Waals surface area contributed by atoms with Gasteiger partial charge in [0.05, 0.1) is 18.6 Å². The van der Waals surface area contributed by atoms with Crippen LogP contribution in [-0.2, 0) is 23.3 Å². The van der Waals surface area contributed by atoms with E-state index in [-0.39, 0.29) is 34.9 Å². The van der Waals surface area contributed by atoms with Crippen molar-refractivity contribution in [1.29, 1.82) is 0 Å². The Kier molecular flexibility index (Phi) is 5.71. The third-order valence-electron chi connectivity index (χ3n) is 6.91. The molecule has 3 atom stereocenters. The van der Waals surface area contributed by atoms with Crippen molar-refractivity contribution in [2.45, 2.75) is 31.0 Å². The van der Waals surface area contributed by atoms with Crippen LogP contribution in [0.1, 0.15) is 23.2 Å². The Labute approximate surface area is 192 Å². The number of anilines is 1. The molecule has 2 aliphatic heterocycles. The van der Waals surface area contributed by atoms with Gasteiger partial charge in [-0.15, -0.1) is 0 Å². The molecule has 4 heterocycles. The summed E-state index contributed by atoms with van der Waals surface area (Å²) in [5.41, 5.74) is 5.64. The molecule has 6 rings (SSSR count). The Hall–Kier alpha value is -2.79. The Morgan fingerprint density at radius 2 is 1.79 bits per heavy atom. The van der Waals surface area contributed by atoms with Crippen LogP contribution >= 0.6 is 0 Å². The highest BCUT2D eigenvalue weighted by Crippen LogP contribution is 2.43. The van der Waals surface area contributed by atoms with Crippen molar-refractivity contribution in [3.05, 3.63) is 53.5 Å². The van der Waals surface area contributed by atoms with E-state index < -0.39 is 17.8 Å². The zero-order valence-electron chi connectivity index (χ0n) is 18.2. The number of hydrogen-bond acceptors (Lipinski definition) is 5. The maximum atomic E-state index is 14.3. The summed E-state index contributed by atoms with van der Waals surface area (Å²) in [5.74, 6) is -1.54. The molecule has 11 heteroatoms. The van der Waals surface area contributed by atoms with Crippen molar-refractivity contribution in [2.24, 2.45) is 11.8 Å². The summed E-state index contributed by atoms with van der Waals surface area (Å²) in [5, 5.41) is 0.180. The predicted octanol–water partition coefficient (Wildman–Crippen LogP) is 4.23. The number of nitrogens with two attached hydrogens (primary N) is 1. The molecule has 34 heavy (non-hydrogen) atoms. The zero-order valence-corrected chi connectivity index (χ0v) is 18.2. The first kappa shape index (κ1) is 23.0. The lowest BCUT2D eigenvalue weighted by molar-refractivity contribution is -0.140. The average molecular weight is 481 g/mol. The highest BCUT2D eigenvalue weighted by molar-refractivity contribution is 5.86. The Morgan fingerprint density at radius 1 is 1.09 bits per heavy atom. The molecule has 3 N–H and O–H groups in total. The second-order valence-corrected chi connectivity index (χ2v) is 9.14. The van der Waals surface area contributed by atoms with Gasteiger partial charge in [0, 0.05) is 43.0 Å². The van der Waals surface area contributed by atoms with Gasteiger partial charge in [-0.05, 0) is 18.1 Å². The van der Waals surface area contributed by atoms with Crippen LogP contribution in [0.25, 0.3) is 11.0 Å². The van der Waals surface area contributed by atoms with Crippen LogP contribution in [0.3, 0.4) is 0 Å². The molecule has 3 aromatic rings. The number of benzene rings is 1. The van der Waals surface area contributed by atoms with E-state index in [1.807, 2.05) is 12.1 Å². The van der Waals surface area contributed by atoms with E-state index in [2.05, 4.69) is 19.9 Å². The van der Waals surface area contributed by atoms with Crippen molar-refractivity contribution >= 4 is 16.9 Å². The van der Waals surface area contributed by atoms with Crippen molar-refractivity contribution in [2.75, 3.05) is 32.0 Å². The van der Waals surface area contributed by atoms with Crippen molar-refractivity contribution in [3.63, 3.8) is 0 Å². The van der Waals surface area contributed by atoms with Gasteiger partial charge < -0.3 is 15.5 Å². The molecule has 2 fully saturated rings. The number of aromatic nitrogens is 3. The number of fused-ring (bicyclic) bond motifs is 3. The molecule has 0 bridgehead atoms. The Morgan fingerprint density at radius 3 is 2.47 bits per heavy atom. The second-order valence-electron chi connectivity index (χ2n) is 9.14. The number of nitrogens with zero attached hydrogens (tertiary/aromatic N) is 3. The highest BCUT2D eigenvalue weighted by atomic mass is 19.4. The fourth-order valence-electron chi connectivity index (χ4n) is 5.18. The molecule has 0 spiro atoms. The van der Waals surface area contributed by atoms with Crippen LogP contribution in [0.4, 0.5) is 27.8 Å². The maximum absolute atomic E-state index is 14.3. The van der Waals surface area contributed by atoms with Gasteiger partial charge in [-0.1, -0.05) is 24.3 Å². The van der Waals surface area contributed by atoms with Gasteiger partial charge in [0.1, 0.15) is 23.5 Å². The molecular formula is C23H24F5N5O. The predicted molar refractivity (Wildman–Crippen MR) is 115 cm³/mol. The number of halogens is 5. The average Bonchev–Trinajstić information content (AvgIpc) is 3.48. The molecule has 1 aliphatic carbocycles. The summed E-state index contributed by atoms with van der Waals surface area (Å²) in [6.07, 6.45) is -2.60. The van der Waals surface area contributed by atoms with E-state index in [1.54, 1.807) is 12.1 Å². The number of likely N-dealkylation sites (tertiary alicyclic amines) is 1. The van der Waals surface area contributed by atoms with Gasteiger partial charge in [-0.25, -0.2) is 18.7 Å². The highest BCUT2D eigenvalue weighted by Gasteiger charge is 2.46. The number of nitrogens with one attached hydrogen (secondary N) is 1. The van der Waals surface area contributed by atoms with E-state index >= 15 is 0 Å². The molecule has 2 aromatic heterocycles. The summed E-state index contributed by atoms with van der Waals surface area (Å²) < 4.78 is 70.9. The lowest BCUT2D eigenvalue weighted by Crippen LogP contribution is -2.43. The molecule has 6 nitrogen and oxygen atoms in total. The minimum Gasteiger partial charge on any atom is -0.383 e. The van der Waals surface area contributed by atoms with Gasteiger partial charge in [-0.2, -0.15) is 13.2 Å². The SMILES string of the molecule is FC1(F)C[C@H](N2C[C@H]3COC[C@H]3C2)Cc2ccccc21.Nc1ncnc2[nH]c(C(F)(F)F)cc12. The number of rotatable bonds is 1. The van der Waals surface area contributed by atoms with Crippen LogP contribution < -0.4 is 5.73 Å². The molecular weight excluding hydrogens is 457 g/mol. The van der Waals surface area contributed by atoms with Crippen LogP contribution in [0.2, 0.25) is 0 Å². The normalized spacial score (nSPS) is 26.1. The van der Waals surface area contributed by atoms with Crippen molar-refractivity contribution < 1.29 is 26.7 Å². The first-order valence-electron chi connectivity index (χ1n) is 11.1. The third-order valence-corrected chi connectivity index (χ3v) is 6.91. The van der Waals surface area contributed by atoms with E-state index in [9.17, 15) is 22.0 Å². The number of nitrogen functional groups attached to an aromatic ring is 1. The second kappa shape index (κ2) is 8.46. The van der Waals surface area contributed by atoms with Crippen LogP contribution in [0.5, 0.6) is 0 Å². The first-order valence-corrected chi connectivity index (χ1v) is 11.1. The Bertz CT molecular complexity index is 1170. The molecule has 1 aromatic carbocycles. The summed E-state index contributed by atoms with van der Waals surface area (Å²) >= 11 is 0. The molecule has 0 unspecified atom stereocenters. The fourth-order valence-corrected chi connectivity index (χ4v) is 5.18. The van der Waals surface area contributed by atoms with Gasteiger partial charge in [0.25, 0.3) is 5.92 Å². The number of alkyl halides is 5. The van der Waals surface area contributed by atoms with E-state index in [4.69, 9.17) is 10.5 Å². The lowest BCUT2D eigenvalue weighted by Gasteiger charge is -2.37. The smallest absolute Gasteiger partial charge is 0.383 e. The topological polar surface area (TPSA) is 80.1 Å². The third kappa shape index (κ3) is 4.34. The van der Waals surface area contributed by atoms with Gasteiger partial charge in [0.15, 0.2) is 0 Å². The lowest BCUT2D eigenvalue weighted by atomic mass is 9.85. The van der Waals surface area contributed by atoms with Crippen molar-refractivity contribution in [3.8, 4) is 0 Å².